The van der Waals surface area contributed by atoms with Crippen molar-refractivity contribution >= 4 is 5.91 Å². The summed E-state index contributed by atoms with van der Waals surface area (Å²) in [5.41, 5.74) is 6.74. The molecular formula is C17H23N3O. The number of nitrogens with zero attached hydrogens (tertiary/aromatic N) is 1. The zero-order chi connectivity index (χ0) is 15.1. The lowest BCUT2D eigenvalue weighted by Gasteiger charge is -2.23. The van der Waals surface area contributed by atoms with Gasteiger partial charge in [0, 0.05) is 18.2 Å². The molecule has 1 aliphatic heterocycles. The molecular weight excluding hydrogens is 262 g/mol. The van der Waals surface area contributed by atoms with E-state index in [2.05, 4.69) is 29.0 Å². The fourth-order valence-corrected chi connectivity index (χ4v) is 2.58. The number of hydrogen-bond donors (Lipinski definition) is 2. The Morgan fingerprint density at radius 3 is 2.81 bits per heavy atom. The van der Waals surface area contributed by atoms with E-state index in [0.717, 1.165) is 18.7 Å². The van der Waals surface area contributed by atoms with E-state index in [0.29, 0.717) is 24.7 Å². The van der Waals surface area contributed by atoms with Crippen molar-refractivity contribution in [1.82, 2.24) is 10.2 Å². The minimum absolute atomic E-state index is 0.0667. The quantitative estimate of drug-likeness (QED) is 0.818. The fraction of sp³-hybridized carbons (Fsp3) is 0.471. The Bertz CT molecular complexity index is 538. The largest absolute Gasteiger partial charge is 0.350 e. The molecule has 4 heteroatoms. The molecule has 1 atom stereocenters. The Labute approximate surface area is 126 Å². The van der Waals surface area contributed by atoms with Crippen LogP contribution in [0.4, 0.5) is 0 Å². The number of nitrogens with one attached hydrogen (secondary N) is 1. The van der Waals surface area contributed by atoms with Crippen molar-refractivity contribution in [2.24, 2.45) is 5.73 Å². The molecule has 2 rings (SSSR count). The van der Waals surface area contributed by atoms with Crippen LogP contribution in [0.2, 0.25) is 0 Å². The number of rotatable bonds is 4. The lowest BCUT2D eigenvalue weighted by atomic mass is 10.1. The van der Waals surface area contributed by atoms with Crippen LogP contribution in [0.25, 0.3) is 0 Å². The maximum atomic E-state index is 12.3. The zero-order valence-corrected chi connectivity index (χ0v) is 12.6. The Kier molecular flexibility index (Phi) is 5.79. The van der Waals surface area contributed by atoms with E-state index in [-0.39, 0.29) is 5.91 Å². The molecule has 1 aliphatic rings. The molecule has 4 nitrogen and oxygen atoms in total. The highest BCUT2D eigenvalue weighted by Crippen LogP contribution is 2.11. The number of carbonyl (C=O) groups is 1. The van der Waals surface area contributed by atoms with Gasteiger partial charge in [-0.05, 0) is 45.0 Å². The summed E-state index contributed by atoms with van der Waals surface area (Å²) in [5.74, 6) is 5.68. The molecule has 1 aromatic carbocycles. The summed E-state index contributed by atoms with van der Waals surface area (Å²) in [4.78, 5) is 14.7. The summed E-state index contributed by atoms with van der Waals surface area (Å²) in [6.07, 6.45) is 2.52. The van der Waals surface area contributed by atoms with Crippen LogP contribution in [0.1, 0.15) is 35.7 Å². The van der Waals surface area contributed by atoms with E-state index in [1.54, 1.807) is 6.07 Å². The first kappa shape index (κ1) is 15.6. The average Bonchev–Trinajstić information content (AvgIpc) is 3.05. The van der Waals surface area contributed by atoms with Gasteiger partial charge >= 0.3 is 0 Å². The summed E-state index contributed by atoms with van der Waals surface area (Å²) in [6.45, 7) is 5.39. The molecule has 1 heterocycles. The molecule has 0 saturated carbocycles. The van der Waals surface area contributed by atoms with Crippen LogP contribution in [0.15, 0.2) is 24.3 Å². The summed E-state index contributed by atoms with van der Waals surface area (Å²) >= 11 is 0. The minimum Gasteiger partial charge on any atom is -0.350 e. The van der Waals surface area contributed by atoms with Crippen molar-refractivity contribution in [1.29, 1.82) is 0 Å². The monoisotopic (exact) mass is 285 g/mol. The molecule has 0 aromatic heterocycles. The third-order valence-electron chi connectivity index (χ3n) is 3.82. The van der Waals surface area contributed by atoms with Crippen LogP contribution in [-0.2, 0) is 0 Å². The maximum absolute atomic E-state index is 12.3. The van der Waals surface area contributed by atoms with E-state index in [1.807, 2.05) is 18.2 Å². The van der Waals surface area contributed by atoms with Crippen LogP contribution < -0.4 is 11.1 Å². The molecule has 1 unspecified atom stereocenters. The standard InChI is InChI=1S/C17H23N3O/c1-14(20-11-4-5-12-20)13-19-17(21)16-9-3-2-7-15(16)8-6-10-18/h2-3,7,9,14H,4-5,10-13,18H2,1H3,(H,19,21). The molecule has 21 heavy (non-hydrogen) atoms. The van der Waals surface area contributed by atoms with Gasteiger partial charge in [0.15, 0.2) is 0 Å². The highest BCUT2D eigenvalue weighted by molar-refractivity contribution is 5.96. The SMILES string of the molecule is CC(CNC(=O)c1ccccc1C#CCN)N1CCCC1. The Hall–Kier alpha value is -1.83. The third kappa shape index (κ3) is 4.32. The Morgan fingerprint density at radius 2 is 2.10 bits per heavy atom. The molecule has 0 aliphatic carbocycles. The van der Waals surface area contributed by atoms with Crippen LogP contribution in [0, 0.1) is 11.8 Å². The predicted octanol–water partition coefficient (Wildman–Crippen LogP) is 1.21. The fourth-order valence-electron chi connectivity index (χ4n) is 2.58. The topological polar surface area (TPSA) is 58.4 Å². The van der Waals surface area contributed by atoms with Gasteiger partial charge < -0.3 is 11.1 Å². The normalized spacial score (nSPS) is 16.1. The van der Waals surface area contributed by atoms with Gasteiger partial charge in [-0.3, -0.25) is 9.69 Å². The van der Waals surface area contributed by atoms with E-state index in [9.17, 15) is 4.79 Å². The van der Waals surface area contributed by atoms with Gasteiger partial charge in [0.25, 0.3) is 5.91 Å². The number of hydrogen-bond acceptors (Lipinski definition) is 3. The van der Waals surface area contributed by atoms with Crippen molar-refractivity contribution in [2.45, 2.75) is 25.8 Å². The lowest BCUT2D eigenvalue weighted by Crippen LogP contribution is -2.40. The first-order chi connectivity index (χ1) is 10.2. The number of carbonyl (C=O) groups excluding carboxylic acids is 1. The van der Waals surface area contributed by atoms with Crippen LogP contribution in [0.5, 0.6) is 0 Å². The van der Waals surface area contributed by atoms with Crippen molar-refractivity contribution in [2.75, 3.05) is 26.2 Å². The van der Waals surface area contributed by atoms with E-state index < -0.39 is 0 Å². The Morgan fingerprint density at radius 1 is 1.38 bits per heavy atom. The maximum Gasteiger partial charge on any atom is 0.252 e. The molecule has 1 amide bonds. The lowest BCUT2D eigenvalue weighted by molar-refractivity contribution is 0.0940. The highest BCUT2D eigenvalue weighted by Gasteiger charge is 2.19. The smallest absolute Gasteiger partial charge is 0.252 e. The second-order valence-electron chi connectivity index (χ2n) is 5.35. The summed E-state index contributed by atoms with van der Waals surface area (Å²) in [6, 6.07) is 7.76. The Balaban J connectivity index is 1.96. The molecule has 1 aromatic rings. The predicted molar refractivity (Wildman–Crippen MR) is 85.0 cm³/mol. The first-order valence-corrected chi connectivity index (χ1v) is 7.52. The van der Waals surface area contributed by atoms with Gasteiger partial charge in [-0.15, -0.1) is 0 Å². The van der Waals surface area contributed by atoms with Crippen LogP contribution in [0.3, 0.4) is 0 Å². The molecule has 1 saturated heterocycles. The zero-order valence-electron chi connectivity index (χ0n) is 12.6. The second kappa shape index (κ2) is 7.82. The average molecular weight is 285 g/mol. The van der Waals surface area contributed by atoms with Gasteiger partial charge in [0.1, 0.15) is 0 Å². The number of likely N-dealkylation sites (tertiary alicyclic amines) is 1. The number of nitrogens with two attached hydrogens (primary N) is 1. The third-order valence-corrected chi connectivity index (χ3v) is 3.82. The van der Waals surface area contributed by atoms with Gasteiger partial charge in [0.2, 0.25) is 0 Å². The number of amides is 1. The summed E-state index contributed by atoms with van der Waals surface area (Å²) in [5, 5.41) is 3.01. The van der Waals surface area contributed by atoms with Crippen molar-refractivity contribution in [3.8, 4) is 11.8 Å². The summed E-state index contributed by atoms with van der Waals surface area (Å²) in [7, 11) is 0. The number of benzene rings is 1. The minimum atomic E-state index is -0.0667. The van der Waals surface area contributed by atoms with Gasteiger partial charge in [-0.1, -0.05) is 24.0 Å². The van der Waals surface area contributed by atoms with E-state index in [4.69, 9.17) is 5.73 Å². The second-order valence-corrected chi connectivity index (χ2v) is 5.35. The van der Waals surface area contributed by atoms with E-state index >= 15 is 0 Å². The molecule has 0 bridgehead atoms. The van der Waals surface area contributed by atoms with Crippen LogP contribution >= 0.6 is 0 Å². The molecule has 0 spiro atoms. The van der Waals surface area contributed by atoms with E-state index in [1.165, 1.54) is 12.8 Å². The van der Waals surface area contributed by atoms with Crippen LogP contribution in [-0.4, -0.2) is 43.0 Å². The van der Waals surface area contributed by atoms with Gasteiger partial charge in [0.05, 0.1) is 12.1 Å². The van der Waals surface area contributed by atoms with Gasteiger partial charge in [-0.25, -0.2) is 0 Å². The van der Waals surface area contributed by atoms with Gasteiger partial charge in [-0.2, -0.15) is 0 Å². The summed E-state index contributed by atoms with van der Waals surface area (Å²) < 4.78 is 0. The van der Waals surface area contributed by atoms with Crippen molar-refractivity contribution < 1.29 is 4.79 Å². The molecule has 0 radical (unpaired) electrons. The van der Waals surface area contributed by atoms with Crippen molar-refractivity contribution in [3.63, 3.8) is 0 Å². The first-order valence-electron chi connectivity index (χ1n) is 7.52. The molecule has 112 valence electrons. The molecule has 3 N–H and O–H groups in total. The highest BCUT2D eigenvalue weighted by atomic mass is 16.1. The van der Waals surface area contributed by atoms with Crippen molar-refractivity contribution in [3.05, 3.63) is 35.4 Å². The molecule has 1 fully saturated rings.